The lowest BCUT2D eigenvalue weighted by Gasteiger charge is -2.23. The average Bonchev–Trinajstić information content (AvgIpc) is 2.97. The van der Waals surface area contributed by atoms with Gasteiger partial charge >= 0.3 is 0 Å². The van der Waals surface area contributed by atoms with Crippen LogP contribution in [0.5, 0.6) is 0 Å². The summed E-state index contributed by atoms with van der Waals surface area (Å²) in [6.07, 6.45) is 22.2. The molecule has 0 heterocycles. The summed E-state index contributed by atoms with van der Waals surface area (Å²) in [4.78, 5) is 0. The predicted molar refractivity (Wildman–Crippen MR) is 180 cm³/mol. The number of rotatable bonds is 26. The maximum absolute atomic E-state index is 6.27. The van der Waals surface area contributed by atoms with Crippen LogP contribution in [0.2, 0.25) is 19.6 Å². The van der Waals surface area contributed by atoms with Crippen LogP contribution in [0.4, 0.5) is 0 Å². The fourth-order valence-electron chi connectivity index (χ4n) is 5.09. The molecule has 0 aliphatic rings. The Labute approximate surface area is 254 Å². The van der Waals surface area contributed by atoms with Gasteiger partial charge in [-0.05, 0) is 42.8 Å². The van der Waals surface area contributed by atoms with Gasteiger partial charge in [0.1, 0.15) is 6.10 Å². The van der Waals surface area contributed by atoms with Gasteiger partial charge in [0.15, 0.2) is 8.32 Å². The quantitative estimate of drug-likeness (QED) is 0.0815. The van der Waals surface area contributed by atoms with Crippen molar-refractivity contribution in [3.8, 4) is 11.1 Å². The zero-order chi connectivity index (χ0) is 29.4. The summed E-state index contributed by atoms with van der Waals surface area (Å²) in [5, 5.41) is 0. The molecule has 2 aromatic rings. The lowest BCUT2D eigenvalue weighted by molar-refractivity contribution is -0.0468. The fraction of sp³-hybridized carbons (Fsp3) is 0.676. The van der Waals surface area contributed by atoms with Crippen LogP contribution in [0.3, 0.4) is 0 Å². The Bertz CT molecular complexity index is 847. The first kappa shape index (κ1) is 35.7. The van der Waals surface area contributed by atoms with Gasteiger partial charge in [-0.3, -0.25) is 0 Å². The second kappa shape index (κ2) is 23.0. The third kappa shape index (κ3) is 19.4. The van der Waals surface area contributed by atoms with Crippen molar-refractivity contribution in [3.05, 3.63) is 60.2 Å². The van der Waals surface area contributed by atoms with Gasteiger partial charge in [-0.25, -0.2) is 0 Å². The monoisotopic (exact) mass is 582 g/mol. The van der Waals surface area contributed by atoms with Gasteiger partial charge in [-0.15, -0.1) is 0 Å². The molecule has 0 bridgehead atoms. The van der Waals surface area contributed by atoms with Crippen molar-refractivity contribution in [3.63, 3.8) is 0 Å². The van der Waals surface area contributed by atoms with Crippen LogP contribution < -0.4 is 0 Å². The molecule has 0 saturated heterocycles. The molecule has 0 unspecified atom stereocenters. The van der Waals surface area contributed by atoms with Gasteiger partial charge in [0, 0.05) is 6.61 Å². The molecule has 0 N–H and O–H groups in total. The molecule has 0 radical (unpaired) electrons. The highest BCUT2D eigenvalue weighted by molar-refractivity contribution is 6.69. The summed E-state index contributed by atoms with van der Waals surface area (Å²) in [7, 11) is -1.60. The fourth-order valence-corrected chi connectivity index (χ4v) is 5.78. The lowest BCUT2D eigenvalue weighted by Crippen LogP contribution is -2.34. The first-order chi connectivity index (χ1) is 20.0. The number of hydrogen-bond acceptors (Lipinski definition) is 3. The Morgan fingerprint density at radius 3 is 1.56 bits per heavy atom. The van der Waals surface area contributed by atoms with Crippen LogP contribution in [-0.2, 0) is 20.5 Å². The number of hydrogen-bond donors (Lipinski definition) is 0. The molecule has 0 spiro atoms. The van der Waals surface area contributed by atoms with Crippen molar-refractivity contribution in [2.45, 2.75) is 142 Å². The molecular formula is C37H62O3Si. The molecule has 3 nitrogen and oxygen atoms in total. The Balaban J connectivity index is 1.51. The summed E-state index contributed by atoms with van der Waals surface area (Å²) in [5.74, 6) is 0. The average molecular weight is 583 g/mol. The predicted octanol–water partition coefficient (Wildman–Crippen LogP) is 11.4. The van der Waals surface area contributed by atoms with Gasteiger partial charge < -0.3 is 13.9 Å². The van der Waals surface area contributed by atoms with Crippen molar-refractivity contribution in [1.29, 1.82) is 0 Å². The summed E-state index contributed by atoms with van der Waals surface area (Å²) in [5.41, 5.74) is 3.65. The summed E-state index contributed by atoms with van der Waals surface area (Å²) in [6.45, 7) is 11.6. The highest BCUT2D eigenvalue weighted by Crippen LogP contribution is 2.20. The molecule has 0 fully saturated rings. The zero-order valence-electron chi connectivity index (χ0n) is 27.1. The van der Waals surface area contributed by atoms with Crippen molar-refractivity contribution >= 4 is 8.32 Å². The first-order valence-corrected chi connectivity index (χ1v) is 20.4. The van der Waals surface area contributed by atoms with Crippen molar-refractivity contribution in [1.82, 2.24) is 0 Å². The largest absolute Gasteiger partial charge is 0.415 e. The van der Waals surface area contributed by atoms with E-state index in [2.05, 4.69) is 81.2 Å². The van der Waals surface area contributed by atoms with E-state index in [4.69, 9.17) is 13.9 Å². The third-order valence-electron chi connectivity index (χ3n) is 7.69. The van der Waals surface area contributed by atoms with Crippen LogP contribution in [-0.4, -0.2) is 34.2 Å². The first-order valence-electron chi connectivity index (χ1n) is 17.0. The van der Waals surface area contributed by atoms with Crippen LogP contribution >= 0.6 is 0 Å². The summed E-state index contributed by atoms with van der Waals surface area (Å²) >= 11 is 0. The summed E-state index contributed by atoms with van der Waals surface area (Å²) in [6, 6.07) is 19.2. The highest BCUT2D eigenvalue weighted by Gasteiger charge is 2.18. The Morgan fingerprint density at radius 1 is 0.561 bits per heavy atom. The van der Waals surface area contributed by atoms with E-state index in [1.54, 1.807) is 0 Å². The Kier molecular flexibility index (Phi) is 20.1. The molecule has 0 aliphatic heterocycles. The molecule has 0 saturated carbocycles. The molecule has 0 aliphatic carbocycles. The van der Waals surface area contributed by atoms with E-state index in [0.29, 0.717) is 19.8 Å². The van der Waals surface area contributed by atoms with Gasteiger partial charge in [0.05, 0.1) is 19.8 Å². The van der Waals surface area contributed by atoms with Gasteiger partial charge in [0.2, 0.25) is 0 Å². The third-order valence-corrected chi connectivity index (χ3v) is 8.73. The van der Waals surface area contributed by atoms with E-state index in [-0.39, 0.29) is 6.10 Å². The molecule has 2 rings (SSSR count). The number of benzene rings is 2. The van der Waals surface area contributed by atoms with E-state index in [9.17, 15) is 0 Å². The van der Waals surface area contributed by atoms with E-state index in [1.807, 2.05) is 0 Å². The van der Waals surface area contributed by atoms with Crippen molar-refractivity contribution < 1.29 is 13.9 Å². The maximum atomic E-state index is 6.27. The number of ether oxygens (including phenoxy) is 2. The van der Waals surface area contributed by atoms with Crippen LogP contribution in [0.25, 0.3) is 11.1 Å². The minimum absolute atomic E-state index is 0.0309. The number of unbranched alkanes of at least 4 members (excludes halogenated alkanes) is 15. The second-order valence-corrected chi connectivity index (χ2v) is 17.3. The molecule has 4 heteroatoms. The minimum Gasteiger partial charge on any atom is -0.415 e. The SMILES string of the molecule is CCCCCCCCCCCCCCCCCCOC[C@H](CO[Si](C)(C)C)OCc1ccc(-c2ccccc2)cc1. The summed E-state index contributed by atoms with van der Waals surface area (Å²) < 4.78 is 18.5. The van der Waals surface area contributed by atoms with Crippen LogP contribution in [0.1, 0.15) is 115 Å². The molecular weight excluding hydrogens is 520 g/mol. The lowest BCUT2D eigenvalue weighted by atomic mass is 10.0. The van der Waals surface area contributed by atoms with E-state index in [0.717, 1.165) is 13.0 Å². The zero-order valence-corrected chi connectivity index (χ0v) is 28.1. The standard InChI is InChI=1S/C37H62O3Si/c1-5-6-7-8-9-10-11-12-13-14-15-16-17-18-19-23-30-38-32-37(33-40-41(2,3)4)39-31-34-26-28-36(29-27-34)35-24-21-20-22-25-35/h20-22,24-29,37H,5-19,23,30-33H2,1-4H3/t37-/m1/s1. The molecule has 0 aromatic heterocycles. The molecule has 232 valence electrons. The van der Waals surface area contributed by atoms with Crippen molar-refractivity contribution in [2.24, 2.45) is 0 Å². The van der Waals surface area contributed by atoms with E-state index < -0.39 is 8.32 Å². The molecule has 2 aromatic carbocycles. The van der Waals surface area contributed by atoms with Crippen LogP contribution in [0, 0.1) is 0 Å². The molecule has 0 amide bonds. The Morgan fingerprint density at radius 2 is 1.05 bits per heavy atom. The molecule has 1 atom stereocenters. The highest BCUT2D eigenvalue weighted by atomic mass is 28.4. The topological polar surface area (TPSA) is 27.7 Å². The van der Waals surface area contributed by atoms with Gasteiger partial charge in [-0.1, -0.05) is 158 Å². The second-order valence-electron chi connectivity index (χ2n) is 12.8. The van der Waals surface area contributed by atoms with Crippen LogP contribution in [0.15, 0.2) is 54.6 Å². The molecule has 41 heavy (non-hydrogen) atoms. The Hall–Kier alpha value is -1.46. The minimum atomic E-state index is -1.60. The maximum Gasteiger partial charge on any atom is 0.183 e. The van der Waals surface area contributed by atoms with Gasteiger partial charge in [0.25, 0.3) is 0 Å². The van der Waals surface area contributed by atoms with Gasteiger partial charge in [-0.2, -0.15) is 0 Å². The smallest absolute Gasteiger partial charge is 0.183 e. The van der Waals surface area contributed by atoms with E-state index in [1.165, 1.54) is 113 Å². The van der Waals surface area contributed by atoms with E-state index >= 15 is 0 Å². The van der Waals surface area contributed by atoms with Crippen molar-refractivity contribution in [2.75, 3.05) is 19.8 Å². The normalized spacial score (nSPS) is 12.6.